The summed E-state index contributed by atoms with van der Waals surface area (Å²) in [5, 5.41) is 0.746. The topological polar surface area (TPSA) is 34.4 Å². The van der Waals surface area contributed by atoms with Gasteiger partial charge in [0.1, 0.15) is 0 Å². The van der Waals surface area contributed by atoms with Crippen molar-refractivity contribution in [3.63, 3.8) is 0 Å². The number of anilines is 1. The number of rotatable bonds is 0. The van der Waals surface area contributed by atoms with E-state index in [0.29, 0.717) is 0 Å². The van der Waals surface area contributed by atoms with Crippen LogP contribution >= 0.6 is 11.6 Å². The molecule has 1 saturated heterocycles. The highest BCUT2D eigenvalue weighted by Crippen LogP contribution is 2.37. The molecular formula is C16H20ClN5. The standard InChI is InChI=1S/C16H20ClN5/c1-11-10-22-14-9-12(17)3-4-13(14)19-15(16(22)18-11)21-7-5-20(2)6-8-21/h3-4,9,11H,5-8,10H2,1-2H3. The Hall–Kier alpha value is -1.59. The third-order valence-electron chi connectivity index (χ3n) is 4.50. The van der Waals surface area contributed by atoms with Crippen molar-refractivity contribution in [3.8, 4) is 0 Å². The molecule has 6 heteroatoms. The van der Waals surface area contributed by atoms with Crippen molar-refractivity contribution in [3.05, 3.63) is 23.2 Å². The quantitative estimate of drug-likeness (QED) is 0.736. The van der Waals surface area contributed by atoms with Crippen LogP contribution in [0.5, 0.6) is 0 Å². The second-order valence-corrected chi connectivity index (χ2v) is 6.71. The van der Waals surface area contributed by atoms with E-state index in [2.05, 4.69) is 28.7 Å². The second kappa shape index (κ2) is 5.25. The minimum absolute atomic E-state index is 0.289. The summed E-state index contributed by atoms with van der Waals surface area (Å²) in [6, 6.07) is 6.20. The van der Waals surface area contributed by atoms with E-state index in [0.717, 1.165) is 60.8 Å². The minimum atomic E-state index is 0.289. The van der Waals surface area contributed by atoms with Gasteiger partial charge in [-0.05, 0) is 32.2 Å². The number of fused-ring (bicyclic) bond motifs is 3. The molecule has 0 N–H and O–H groups in total. The molecule has 0 spiro atoms. The monoisotopic (exact) mass is 317 g/mol. The zero-order chi connectivity index (χ0) is 15.3. The Morgan fingerprint density at radius 1 is 1.14 bits per heavy atom. The molecule has 0 bridgehead atoms. The fraction of sp³-hybridized carbons (Fsp3) is 0.500. The summed E-state index contributed by atoms with van der Waals surface area (Å²) in [5.41, 5.74) is 2.07. The lowest BCUT2D eigenvalue weighted by Crippen LogP contribution is -2.52. The second-order valence-electron chi connectivity index (χ2n) is 6.27. The molecular weight excluding hydrogens is 298 g/mol. The van der Waals surface area contributed by atoms with Gasteiger partial charge in [0.15, 0.2) is 11.7 Å². The largest absolute Gasteiger partial charge is 0.351 e. The Labute approximate surface area is 135 Å². The van der Waals surface area contributed by atoms with Gasteiger partial charge in [-0.1, -0.05) is 11.6 Å². The van der Waals surface area contributed by atoms with Gasteiger partial charge >= 0.3 is 0 Å². The maximum Gasteiger partial charge on any atom is 0.172 e. The maximum absolute atomic E-state index is 6.17. The molecule has 1 aromatic rings. The van der Waals surface area contributed by atoms with Crippen LogP contribution in [0.3, 0.4) is 0 Å². The molecule has 0 saturated carbocycles. The lowest BCUT2D eigenvalue weighted by atomic mass is 10.2. The van der Waals surface area contributed by atoms with E-state index < -0.39 is 0 Å². The fourth-order valence-electron chi connectivity index (χ4n) is 3.26. The van der Waals surface area contributed by atoms with Crippen LogP contribution in [0.4, 0.5) is 11.4 Å². The lowest BCUT2D eigenvalue weighted by molar-refractivity contribution is 0.217. The normalized spacial score (nSPS) is 24.8. The number of halogens is 1. The molecule has 3 heterocycles. The zero-order valence-electron chi connectivity index (χ0n) is 13.0. The van der Waals surface area contributed by atoms with Crippen molar-refractivity contribution in [2.75, 3.05) is 44.7 Å². The minimum Gasteiger partial charge on any atom is -0.351 e. The van der Waals surface area contributed by atoms with Crippen molar-refractivity contribution in [2.24, 2.45) is 9.98 Å². The molecule has 116 valence electrons. The third-order valence-corrected chi connectivity index (χ3v) is 4.74. The number of hydrogen-bond donors (Lipinski definition) is 0. The van der Waals surface area contributed by atoms with Gasteiger partial charge < -0.3 is 14.7 Å². The van der Waals surface area contributed by atoms with Crippen LogP contribution in [0.1, 0.15) is 6.92 Å². The van der Waals surface area contributed by atoms with Crippen LogP contribution in [0.2, 0.25) is 5.02 Å². The summed E-state index contributed by atoms with van der Waals surface area (Å²) in [7, 11) is 2.17. The van der Waals surface area contributed by atoms with Crippen LogP contribution < -0.4 is 4.90 Å². The van der Waals surface area contributed by atoms with E-state index in [1.54, 1.807) is 0 Å². The summed E-state index contributed by atoms with van der Waals surface area (Å²) >= 11 is 6.17. The molecule has 3 aliphatic rings. The molecule has 1 fully saturated rings. The van der Waals surface area contributed by atoms with E-state index in [1.165, 1.54) is 0 Å². The number of hydrogen-bond acceptors (Lipinski definition) is 5. The van der Waals surface area contributed by atoms with Crippen LogP contribution in [-0.2, 0) is 0 Å². The highest BCUT2D eigenvalue weighted by molar-refractivity contribution is 6.48. The van der Waals surface area contributed by atoms with Crippen LogP contribution in [0, 0.1) is 0 Å². The number of aliphatic imine (C=N–C) groups is 2. The van der Waals surface area contributed by atoms with E-state index in [4.69, 9.17) is 21.6 Å². The lowest BCUT2D eigenvalue weighted by Gasteiger charge is -2.38. The molecule has 1 aromatic carbocycles. The molecule has 0 aromatic heterocycles. The fourth-order valence-corrected chi connectivity index (χ4v) is 3.43. The third kappa shape index (κ3) is 2.29. The van der Waals surface area contributed by atoms with Gasteiger partial charge in [0.25, 0.3) is 0 Å². The van der Waals surface area contributed by atoms with Gasteiger partial charge in [-0.15, -0.1) is 0 Å². The van der Waals surface area contributed by atoms with Crippen molar-refractivity contribution < 1.29 is 0 Å². The van der Waals surface area contributed by atoms with Crippen molar-refractivity contribution in [1.82, 2.24) is 9.80 Å². The Morgan fingerprint density at radius 2 is 1.91 bits per heavy atom. The van der Waals surface area contributed by atoms with Gasteiger partial charge in [-0.3, -0.25) is 4.99 Å². The van der Waals surface area contributed by atoms with E-state index >= 15 is 0 Å². The Bertz CT molecular complexity index is 661. The number of amidine groups is 2. The van der Waals surface area contributed by atoms with E-state index in [9.17, 15) is 0 Å². The molecule has 5 nitrogen and oxygen atoms in total. The summed E-state index contributed by atoms with van der Waals surface area (Å²) in [4.78, 5) is 16.7. The molecule has 4 rings (SSSR count). The van der Waals surface area contributed by atoms with Crippen LogP contribution in [0.15, 0.2) is 28.2 Å². The maximum atomic E-state index is 6.17. The predicted octanol–water partition coefficient (Wildman–Crippen LogP) is 2.24. The van der Waals surface area contributed by atoms with Gasteiger partial charge in [-0.2, -0.15) is 0 Å². The molecule has 0 amide bonds. The average Bonchev–Trinajstić information content (AvgIpc) is 2.89. The summed E-state index contributed by atoms with van der Waals surface area (Å²) < 4.78 is 0. The smallest absolute Gasteiger partial charge is 0.172 e. The first kappa shape index (κ1) is 14.0. The van der Waals surface area contributed by atoms with Gasteiger partial charge in [0.05, 0.1) is 17.4 Å². The van der Waals surface area contributed by atoms with E-state index in [1.807, 2.05) is 18.2 Å². The highest BCUT2D eigenvalue weighted by Gasteiger charge is 2.35. The van der Waals surface area contributed by atoms with Crippen molar-refractivity contribution in [2.45, 2.75) is 13.0 Å². The first-order chi connectivity index (χ1) is 10.6. The number of likely N-dealkylation sites (N-methyl/N-ethyl adjacent to an activating group) is 1. The van der Waals surface area contributed by atoms with Crippen LogP contribution in [0.25, 0.3) is 0 Å². The van der Waals surface area contributed by atoms with E-state index in [-0.39, 0.29) is 6.04 Å². The van der Waals surface area contributed by atoms with Gasteiger partial charge in [0, 0.05) is 37.7 Å². The van der Waals surface area contributed by atoms with Gasteiger partial charge in [-0.25, -0.2) is 4.99 Å². The summed E-state index contributed by atoms with van der Waals surface area (Å²) in [5.74, 6) is 2.03. The summed E-state index contributed by atoms with van der Waals surface area (Å²) in [6.07, 6.45) is 0. The first-order valence-electron chi connectivity index (χ1n) is 7.79. The number of piperazine rings is 1. The average molecular weight is 318 g/mol. The van der Waals surface area contributed by atoms with Crippen LogP contribution in [-0.4, -0.2) is 67.3 Å². The summed E-state index contributed by atoms with van der Waals surface area (Å²) in [6.45, 7) is 7.18. The Morgan fingerprint density at radius 3 is 2.68 bits per heavy atom. The molecule has 0 radical (unpaired) electrons. The molecule has 1 unspecified atom stereocenters. The zero-order valence-corrected chi connectivity index (χ0v) is 13.7. The van der Waals surface area contributed by atoms with Crippen molar-refractivity contribution in [1.29, 1.82) is 0 Å². The Kier molecular flexibility index (Phi) is 3.35. The molecule has 1 atom stereocenters. The Balaban J connectivity index is 1.76. The number of benzene rings is 1. The predicted molar refractivity (Wildman–Crippen MR) is 91.9 cm³/mol. The number of nitrogens with zero attached hydrogens (tertiary/aromatic N) is 5. The van der Waals surface area contributed by atoms with Gasteiger partial charge in [0.2, 0.25) is 0 Å². The highest BCUT2D eigenvalue weighted by atomic mass is 35.5. The molecule has 22 heavy (non-hydrogen) atoms. The molecule has 0 aliphatic carbocycles. The first-order valence-corrected chi connectivity index (χ1v) is 8.17. The SMILES string of the molecule is CC1CN2C(=N1)C(N1CCN(C)CC1)=Nc1ccc(Cl)cc12. The molecule has 3 aliphatic heterocycles. The van der Waals surface area contributed by atoms with Crippen molar-refractivity contribution >= 4 is 34.6 Å².